The van der Waals surface area contributed by atoms with Crippen LogP contribution in [0.25, 0.3) is 0 Å². The van der Waals surface area contributed by atoms with Gasteiger partial charge in [-0.2, -0.15) is 0 Å². The van der Waals surface area contributed by atoms with Crippen molar-refractivity contribution in [3.63, 3.8) is 0 Å². The van der Waals surface area contributed by atoms with E-state index in [1.165, 1.54) is 0 Å². The van der Waals surface area contributed by atoms with Crippen LogP contribution in [-0.2, 0) is 10.4 Å². The fourth-order valence-corrected chi connectivity index (χ4v) is 3.24. The Morgan fingerprint density at radius 3 is 1.92 bits per heavy atom. The van der Waals surface area contributed by atoms with Crippen LogP contribution in [0.1, 0.15) is 36.8 Å². The lowest BCUT2D eigenvalue weighted by Crippen LogP contribution is -2.50. The van der Waals surface area contributed by atoms with Crippen molar-refractivity contribution in [2.45, 2.75) is 31.3 Å². The highest BCUT2D eigenvalue weighted by atomic mass is 35.5. The van der Waals surface area contributed by atoms with Crippen molar-refractivity contribution in [1.29, 1.82) is 0 Å². The van der Waals surface area contributed by atoms with Gasteiger partial charge in [-0.1, -0.05) is 53.5 Å². The molecule has 0 unspecified atom stereocenters. The second-order valence-corrected chi connectivity index (χ2v) is 7.15. The Labute approximate surface area is 162 Å². The van der Waals surface area contributed by atoms with Crippen molar-refractivity contribution in [2.75, 3.05) is 0 Å². The number of hydrogen-bond acceptors (Lipinski definition) is 3. The highest BCUT2D eigenvalue weighted by Gasteiger charge is 2.40. The van der Waals surface area contributed by atoms with E-state index in [0.29, 0.717) is 21.2 Å². The summed E-state index contributed by atoms with van der Waals surface area (Å²) in [6, 6.07) is 13.1. The summed E-state index contributed by atoms with van der Waals surface area (Å²) in [5.41, 5.74) is 5.50. The van der Waals surface area contributed by atoms with E-state index in [1.807, 2.05) is 0 Å². The number of benzene rings is 2. The van der Waals surface area contributed by atoms with E-state index in [4.69, 9.17) is 23.2 Å². The number of nitrogens with one attached hydrogen (secondary N) is 2. The lowest BCUT2D eigenvalue weighted by Gasteiger charge is -2.29. The summed E-state index contributed by atoms with van der Waals surface area (Å²) < 4.78 is 0. The molecule has 0 saturated carbocycles. The third kappa shape index (κ3) is 4.04. The Morgan fingerprint density at radius 2 is 1.46 bits per heavy atom. The molecule has 0 aliphatic heterocycles. The van der Waals surface area contributed by atoms with Gasteiger partial charge in [0, 0.05) is 15.7 Å². The monoisotopic (exact) mass is 390 g/mol. The van der Waals surface area contributed by atoms with Crippen molar-refractivity contribution in [2.24, 2.45) is 0 Å². The number of halogens is 2. The first-order chi connectivity index (χ1) is 12.5. The first-order valence-corrected chi connectivity index (χ1v) is 9.25. The molecular formula is C20H20Cl2N2O2. The number of rotatable bonds is 5. The van der Waals surface area contributed by atoms with E-state index in [0.717, 1.165) is 31.4 Å². The van der Waals surface area contributed by atoms with Gasteiger partial charge >= 0.3 is 0 Å². The number of amides is 1. The van der Waals surface area contributed by atoms with Gasteiger partial charge in [-0.15, -0.1) is 0 Å². The maximum absolute atomic E-state index is 13.0. The molecule has 6 heteroatoms. The Kier molecular flexibility index (Phi) is 5.87. The van der Waals surface area contributed by atoms with E-state index in [2.05, 4.69) is 16.9 Å². The molecule has 1 aliphatic rings. The van der Waals surface area contributed by atoms with Crippen LogP contribution in [0, 0.1) is 0 Å². The van der Waals surface area contributed by atoms with Gasteiger partial charge < -0.3 is 10.5 Å². The first-order valence-electron chi connectivity index (χ1n) is 8.50. The minimum absolute atomic E-state index is 0.418. The summed E-state index contributed by atoms with van der Waals surface area (Å²) in [4.78, 5) is 13.0. The fraction of sp³-hybridized carbons (Fsp3) is 0.250. The van der Waals surface area contributed by atoms with E-state index in [9.17, 15) is 9.90 Å². The molecule has 3 rings (SSSR count). The summed E-state index contributed by atoms with van der Waals surface area (Å²) in [6.07, 6.45) is 6.15. The Morgan fingerprint density at radius 1 is 0.923 bits per heavy atom. The Hall–Kier alpha value is -2.01. The molecule has 0 fully saturated rings. The molecule has 0 heterocycles. The highest BCUT2D eigenvalue weighted by molar-refractivity contribution is 6.30. The third-order valence-electron chi connectivity index (χ3n) is 4.48. The largest absolute Gasteiger partial charge is 0.372 e. The van der Waals surface area contributed by atoms with Gasteiger partial charge in [0.1, 0.15) is 0 Å². The minimum atomic E-state index is -1.88. The number of carbonyl (C=O) groups is 1. The van der Waals surface area contributed by atoms with Crippen molar-refractivity contribution in [3.05, 3.63) is 81.5 Å². The number of hydrazine groups is 1. The molecule has 0 aromatic heterocycles. The Balaban J connectivity index is 1.91. The molecule has 26 heavy (non-hydrogen) atoms. The topological polar surface area (TPSA) is 61.4 Å². The third-order valence-corrected chi connectivity index (χ3v) is 4.98. The van der Waals surface area contributed by atoms with Crippen LogP contribution in [0.5, 0.6) is 0 Å². The van der Waals surface area contributed by atoms with Crippen LogP contribution in [0.3, 0.4) is 0 Å². The summed E-state index contributed by atoms with van der Waals surface area (Å²) in [6.45, 7) is 0. The molecule has 0 atom stereocenters. The predicted octanol–water partition coefficient (Wildman–Crippen LogP) is 4.31. The smallest absolute Gasteiger partial charge is 0.279 e. The molecule has 2 aromatic carbocycles. The highest BCUT2D eigenvalue weighted by Crippen LogP contribution is 2.31. The zero-order valence-electron chi connectivity index (χ0n) is 14.1. The normalized spacial score (nSPS) is 14.5. The van der Waals surface area contributed by atoms with Crippen molar-refractivity contribution in [3.8, 4) is 0 Å². The van der Waals surface area contributed by atoms with Gasteiger partial charge in [-0.3, -0.25) is 10.2 Å². The minimum Gasteiger partial charge on any atom is -0.372 e. The fourth-order valence-electron chi connectivity index (χ4n) is 2.99. The Bertz CT molecular complexity index is 756. The standard InChI is InChI=1S/C20H20Cl2N2O2/c21-16-10-6-14(7-11-16)20(26,15-8-12-17(22)13-9-15)19(25)24-23-18-4-2-1-3-5-18/h4,6-13,23,26H,1-3,5H2,(H,24,25). The van der Waals surface area contributed by atoms with Crippen LogP contribution in [-0.4, -0.2) is 11.0 Å². The molecule has 3 N–H and O–H groups in total. The lowest BCUT2D eigenvalue weighted by molar-refractivity contribution is -0.137. The van der Waals surface area contributed by atoms with Gasteiger partial charge in [0.15, 0.2) is 5.60 Å². The average Bonchev–Trinajstić information content (AvgIpc) is 2.67. The molecule has 1 aliphatic carbocycles. The summed E-state index contributed by atoms with van der Waals surface area (Å²) in [7, 11) is 0. The molecule has 0 bridgehead atoms. The van der Waals surface area contributed by atoms with Crippen molar-refractivity contribution in [1.82, 2.24) is 10.9 Å². The van der Waals surface area contributed by atoms with Crippen LogP contribution in [0.2, 0.25) is 10.0 Å². The SMILES string of the molecule is O=C(NNC1=CCCCC1)C(O)(c1ccc(Cl)cc1)c1ccc(Cl)cc1. The van der Waals surface area contributed by atoms with Crippen molar-refractivity contribution < 1.29 is 9.90 Å². The number of allylic oxidation sites excluding steroid dienone is 2. The molecule has 2 aromatic rings. The van der Waals surface area contributed by atoms with Crippen LogP contribution in [0.15, 0.2) is 60.3 Å². The second kappa shape index (κ2) is 8.12. The molecule has 0 spiro atoms. The molecule has 4 nitrogen and oxygen atoms in total. The zero-order chi connectivity index (χ0) is 18.6. The van der Waals surface area contributed by atoms with Crippen molar-refractivity contribution >= 4 is 29.1 Å². The molecular weight excluding hydrogens is 371 g/mol. The number of aliphatic hydroxyl groups is 1. The summed E-state index contributed by atoms with van der Waals surface area (Å²) in [5, 5.41) is 12.4. The predicted molar refractivity (Wildman–Crippen MR) is 104 cm³/mol. The molecule has 0 saturated heterocycles. The summed E-state index contributed by atoms with van der Waals surface area (Å²) >= 11 is 11.9. The van der Waals surface area contributed by atoms with Crippen LogP contribution >= 0.6 is 23.2 Å². The van der Waals surface area contributed by atoms with Crippen LogP contribution in [0.4, 0.5) is 0 Å². The maximum Gasteiger partial charge on any atom is 0.279 e. The van der Waals surface area contributed by atoms with E-state index < -0.39 is 11.5 Å². The number of carbonyl (C=O) groups excluding carboxylic acids is 1. The lowest BCUT2D eigenvalue weighted by atomic mass is 9.85. The van der Waals surface area contributed by atoms with Gasteiger partial charge in [0.05, 0.1) is 0 Å². The maximum atomic E-state index is 13.0. The van der Waals surface area contributed by atoms with Gasteiger partial charge in [-0.05, 0) is 61.1 Å². The quantitative estimate of drug-likeness (QED) is 0.666. The van der Waals surface area contributed by atoms with Gasteiger partial charge in [0.2, 0.25) is 0 Å². The van der Waals surface area contributed by atoms with E-state index in [1.54, 1.807) is 48.5 Å². The zero-order valence-corrected chi connectivity index (χ0v) is 15.6. The first kappa shape index (κ1) is 18.8. The molecule has 136 valence electrons. The molecule has 1 amide bonds. The average molecular weight is 391 g/mol. The summed E-state index contributed by atoms with van der Waals surface area (Å²) in [5.74, 6) is -0.575. The van der Waals surface area contributed by atoms with Crippen LogP contribution < -0.4 is 10.9 Å². The van der Waals surface area contributed by atoms with Gasteiger partial charge in [0.25, 0.3) is 5.91 Å². The van der Waals surface area contributed by atoms with Gasteiger partial charge in [-0.25, -0.2) is 0 Å². The number of hydrogen-bond donors (Lipinski definition) is 3. The molecule has 0 radical (unpaired) electrons. The van der Waals surface area contributed by atoms with E-state index >= 15 is 0 Å². The second-order valence-electron chi connectivity index (χ2n) is 6.28. The van der Waals surface area contributed by atoms with E-state index in [-0.39, 0.29) is 0 Å².